The van der Waals surface area contributed by atoms with Gasteiger partial charge in [-0.15, -0.1) is 11.3 Å². The van der Waals surface area contributed by atoms with Crippen LogP contribution in [0.25, 0.3) is 0 Å². The van der Waals surface area contributed by atoms with E-state index in [0.29, 0.717) is 10.6 Å². The number of carbonyl (C=O) groups is 2. The number of amides is 2. The molecule has 7 nitrogen and oxygen atoms in total. The third kappa shape index (κ3) is 5.12. The summed E-state index contributed by atoms with van der Waals surface area (Å²) in [4.78, 5) is 25.1. The molecule has 2 aromatic rings. The Labute approximate surface area is 150 Å². The molecule has 1 aromatic carbocycles. The summed E-state index contributed by atoms with van der Waals surface area (Å²) in [5.41, 5.74) is 0.411. The van der Waals surface area contributed by atoms with E-state index in [1.165, 1.54) is 35.6 Å². The number of sulfonamides is 1. The number of hydrogen-bond donors (Lipinski definition) is 3. The lowest BCUT2D eigenvalue weighted by Gasteiger charge is -2.21. The molecule has 0 unspecified atom stereocenters. The molecule has 1 heterocycles. The van der Waals surface area contributed by atoms with Crippen LogP contribution in [0.2, 0.25) is 0 Å². The lowest BCUT2D eigenvalue weighted by Crippen LogP contribution is -2.46. The number of hydrogen-bond acceptors (Lipinski definition) is 5. The number of rotatable bonds is 6. The highest BCUT2D eigenvalue weighted by Crippen LogP contribution is 2.15. The van der Waals surface area contributed by atoms with Gasteiger partial charge in [-0.2, -0.15) is 0 Å². The minimum Gasteiger partial charge on any atom is -0.339 e. The van der Waals surface area contributed by atoms with E-state index < -0.39 is 16.1 Å². The number of anilines is 1. The highest BCUT2D eigenvalue weighted by Gasteiger charge is 2.25. The highest BCUT2D eigenvalue weighted by molar-refractivity contribution is 7.89. The van der Waals surface area contributed by atoms with Crippen molar-refractivity contribution in [3.63, 3.8) is 0 Å². The first kappa shape index (κ1) is 19.1. The number of carbonyl (C=O) groups excluding carboxylic acids is 2. The van der Waals surface area contributed by atoms with E-state index in [1.807, 2.05) is 13.8 Å². The van der Waals surface area contributed by atoms with E-state index in [0.717, 1.165) is 0 Å². The molecule has 0 aliphatic rings. The second kappa shape index (κ2) is 7.77. The lowest BCUT2D eigenvalue weighted by molar-refractivity contribution is -0.118. The molecule has 0 saturated heterocycles. The van der Waals surface area contributed by atoms with E-state index in [1.54, 1.807) is 17.5 Å². The van der Waals surface area contributed by atoms with Crippen LogP contribution >= 0.6 is 11.3 Å². The predicted molar refractivity (Wildman–Crippen MR) is 96.9 cm³/mol. The fourth-order valence-electron chi connectivity index (χ4n) is 2.10. The third-order valence-electron chi connectivity index (χ3n) is 3.43. The van der Waals surface area contributed by atoms with Crippen LogP contribution in [0.1, 0.15) is 23.5 Å². The Kier molecular flexibility index (Phi) is 5.93. The summed E-state index contributed by atoms with van der Waals surface area (Å²) in [5.74, 6) is -0.829. The number of primary sulfonamides is 1. The molecule has 0 spiro atoms. The van der Waals surface area contributed by atoms with Gasteiger partial charge >= 0.3 is 0 Å². The molecule has 1 atom stereocenters. The van der Waals surface area contributed by atoms with Crippen LogP contribution in [0.15, 0.2) is 46.7 Å². The van der Waals surface area contributed by atoms with Gasteiger partial charge in [0, 0.05) is 5.69 Å². The SMILES string of the molecule is CC(C)[C@H](NC(=O)c1cccs1)C(=O)Nc1ccc(S(N)(=O)=O)cc1. The fourth-order valence-corrected chi connectivity index (χ4v) is 3.25. The van der Waals surface area contributed by atoms with Gasteiger partial charge in [0.05, 0.1) is 9.77 Å². The van der Waals surface area contributed by atoms with E-state index in [9.17, 15) is 18.0 Å². The third-order valence-corrected chi connectivity index (χ3v) is 5.23. The van der Waals surface area contributed by atoms with Gasteiger partial charge < -0.3 is 10.6 Å². The zero-order valence-corrected chi connectivity index (χ0v) is 15.4. The zero-order chi connectivity index (χ0) is 18.6. The van der Waals surface area contributed by atoms with E-state index in [4.69, 9.17) is 5.14 Å². The molecule has 0 fully saturated rings. The Bertz CT molecular complexity index is 844. The molecule has 2 rings (SSSR count). The summed E-state index contributed by atoms with van der Waals surface area (Å²) in [6.07, 6.45) is 0. The van der Waals surface area contributed by atoms with E-state index in [2.05, 4.69) is 10.6 Å². The van der Waals surface area contributed by atoms with Crippen LogP contribution in [0, 0.1) is 5.92 Å². The van der Waals surface area contributed by atoms with Crippen LogP contribution in [0.5, 0.6) is 0 Å². The smallest absolute Gasteiger partial charge is 0.262 e. The van der Waals surface area contributed by atoms with Gasteiger partial charge in [0.15, 0.2) is 0 Å². The first-order valence-electron chi connectivity index (χ1n) is 7.46. The monoisotopic (exact) mass is 381 g/mol. The molecule has 25 heavy (non-hydrogen) atoms. The summed E-state index contributed by atoms with van der Waals surface area (Å²) in [7, 11) is -3.79. The standard InChI is InChI=1S/C16H19N3O4S2/c1-10(2)14(19-15(20)13-4-3-9-24-13)16(21)18-11-5-7-12(8-6-11)25(17,22)23/h3-10,14H,1-2H3,(H,18,21)(H,19,20)(H2,17,22,23)/t14-/m0/s1. The van der Waals surface area contributed by atoms with Crippen molar-refractivity contribution in [2.45, 2.75) is 24.8 Å². The van der Waals surface area contributed by atoms with Gasteiger partial charge in [-0.25, -0.2) is 13.6 Å². The molecule has 4 N–H and O–H groups in total. The maximum atomic E-state index is 12.5. The zero-order valence-electron chi connectivity index (χ0n) is 13.7. The van der Waals surface area contributed by atoms with Crippen molar-refractivity contribution in [1.29, 1.82) is 0 Å². The summed E-state index contributed by atoms with van der Waals surface area (Å²) in [6, 6.07) is 8.21. The van der Waals surface area contributed by atoms with Crippen molar-refractivity contribution in [2.24, 2.45) is 11.1 Å². The average molecular weight is 381 g/mol. The molecule has 0 aliphatic heterocycles. The lowest BCUT2D eigenvalue weighted by atomic mass is 10.0. The maximum Gasteiger partial charge on any atom is 0.262 e. The fraction of sp³-hybridized carbons (Fsp3) is 0.250. The quantitative estimate of drug-likeness (QED) is 0.707. The first-order valence-corrected chi connectivity index (χ1v) is 9.89. The number of benzene rings is 1. The maximum absolute atomic E-state index is 12.5. The first-order chi connectivity index (χ1) is 11.7. The summed E-state index contributed by atoms with van der Waals surface area (Å²) < 4.78 is 22.5. The second-order valence-corrected chi connectivity index (χ2v) is 8.24. The average Bonchev–Trinajstić information content (AvgIpc) is 3.06. The normalized spacial score (nSPS) is 12.6. The van der Waals surface area contributed by atoms with Crippen LogP contribution in [0.3, 0.4) is 0 Å². The van der Waals surface area contributed by atoms with Crippen molar-refractivity contribution in [1.82, 2.24) is 5.32 Å². The van der Waals surface area contributed by atoms with Crippen LogP contribution in [-0.2, 0) is 14.8 Å². The van der Waals surface area contributed by atoms with Crippen LogP contribution < -0.4 is 15.8 Å². The number of thiophene rings is 1. The summed E-state index contributed by atoms with van der Waals surface area (Å²) in [6.45, 7) is 3.64. The molecule has 0 bridgehead atoms. The Morgan fingerprint density at radius 3 is 2.24 bits per heavy atom. The van der Waals surface area contributed by atoms with Gasteiger partial charge in [-0.3, -0.25) is 9.59 Å². The molecule has 2 amide bonds. The van der Waals surface area contributed by atoms with E-state index in [-0.39, 0.29) is 22.6 Å². The second-order valence-electron chi connectivity index (χ2n) is 5.73. The van der Waals surface area contributed by atoms with Crippen molar-refractivity contribution < 1.29 is 18.0 Å². The molecule has 0 saturated carbocycles. The Hall–Kier alpha value is -2.23. The minimum absolute atomic E-state index is 0.0445. The molecule has 1 aromatic heterocycles. The molecule has 9 heteroatoms. The number of nitrogens with two attached hydrogens (primary N) is 1. The largest absolute Gasteiger partial charge is 0.339 e. The predicted octanol–water partition coefficient (Wildman–Crippen LogP) is 1.79. The molecular weight excluding hydrogens is 362 g/mol. The van der Waals surface area contributed by atoms with E-state index >= 15 is 0 Å². The molecule has 0 radical (unpaired) electrons. The van der Waals surface area contributed by atoms with Crippen LogP contribution in [-0.4, -0.2) is 26.3 Å². The Morgan fingerprint density at radius 1 is 1.12 bits per heavy atom. The van der Waals surface area contributed by atoms with Crippen molar-refractivity contribution in [2.75, 3.05) is 5.32 Å². The molecule has 0 aliphatic carbocycles. The van der Waals surface area contributed by atoms with Gasteiger partial charge in [0.1, 0.15) is 6.04 Å². The Morgan fingerprint density at radius 2 is 1.76 bits per heavy atom. The van der Waals surface area contributed by atoms with Gasteiger partial charge in [-0.05, 0) is 41.6 Å². The highest BCUT2D eigenvalue weighted by atomic mass is 32.2. The molecular formula is C16H19N3O4S2. The Balaban J connectivity index is 2.09. The van der Waals surface area contributed by atoms with Crippen molar-refractivity contribution in [3.05, 3.63) is 46.7 Å². The van der Waals surface area contributed by atoms with Crippen molar-refractivity contribution in [3.8, 4) is 0 Å². The summed E-state index contributed by atoms with van der Waals surface area (Å²) >= 11 is 1.29. The molecule has 134 valence electrons. The van der Waals surface area contributed by atoms with Gasteiger partial charge in [0.2, 0.25) is 15.9 Å². The number of nitrogens with one attached hydrogen (secondary N) is 2. The van der Waals surface area contributed by atoms with Gasteiger partial charge in [-0.1, -0.05) is 19.9 Å². The summed E-state index contributed by atoms with van der Waals surface area (Å²) in [5, 5.41) is 12.2. The van der Waals surface area contributed by atoms with Crippen molar-refractivity contribution >= 4 is 38.9 Å². The van der Waals surface area contributed by atoms with Crippen LogP contribution in [0.4, 0.5) is 5.69 Å². The van der Waals surface area contributed by atoms with Gasteiger partial charge in [0.25, 0.3) is 5.91 Å². The minimum atomic E-state index is -3.79. The topological polar surface area (TPSA) is 118 Å².